The molecule has 27 heavy (non-hydrogen) atoms. The van der Waals surface area contributed by atoms with Crippen molar-refractivity contribution in [3.63, 3.8) is 0 Å². The van der Waals surface area contributed by atoms with Gasteiger partial charge in [-0.05, 0) is 70.0 Å². The fraction of sp³-hybridized carbons (Fsp3) is 0.391. The van der Waals surface area contributed by atoms with Gasteiger partial charge in [-0.1, -0.05) is 30.3 Å². The van der Waals surface area contributed by atoms with Crippen LogP contribution in [0.3, 0.4) is 0 Å². The zero-order valence-electron chi connectivity index (χ0n) is 16.2. The van der Waals surface area contributed by atoms with Crippen LogP contribution in [0, 0.1) is 22.7 Å². The molecule has 0 amide bonds. The van der Waals surface area contributed by atoms with E-state index in [2.05, 4.69) is 54.2 Å². The molecule has 2 aliphatic rings. The second kappa shape index (κ2) is 8.71. The topological polar surface area (TPSA) is 54.1 Å². The van der Waals surface area contributed by atoms with Crippen LogP contribution in [0.25, 0.3) is 5.70 Å². The van der Waals surface area contributed by atoms with Gasteiger partial charge in [-0.2, -0.15) is 10.5 Å². The molecule has 0 aromatic heterocycles. The molecule has 1 aromatic carbocycles. The van der Waals surface area contributed by atoms with E-state index < -0.39 is 0 Å². The second-order valence-corrected chi connectivity index (χ2v) is 7.35. The van der Waals surface area contributed by atoms with Crippen molar-refractivity contribution in [3.8, 4) is 12.1 Å². The highest BCUT2D eigenvalue weighted by Gasteiger charge is 2.29. The summed E-state index contributed by atoms with van der Waals surface area (Å²) in [6.45, 7) is 1.98. The molecule has 4 heteroatoms. The number of allylic oxidation sites excluding steroid dienone is 5. The lowest BCUT2D eigenvalue weighted by Crippen LogP contribution is -2.30. The van der Waals surface area contributed by atoms with Gasteiger partial charge in [0.15, 0.2) is 0 Å². The normalized spacial score (nSPS) is 16.6. The summed E-state index contributed by atoms with van der Waals surface area (Å²) in [5.74, 6) is 0. The van der Waals surface area contributed by atoms with Crippen LogP contribution in [0.4, 0.5) is 0 Å². The van der Waals surface area contributed by atoms with Gasteiger partial charge in [-0.3, -0.25) is 0 Å². The molecule has 3 rings (SSSR count). The average Bonchev–Trinajstić information content (AvgIpc) is 2.70. The van der Waals surface area contributed by atoms with Crippen LogP contribution in [-0.4, -0.2) is 37.0 Å². The van der Waals surface area contributed by atoms with E-state index in [1.165, 1.54) is 11.3 Å². The third kappa shape index (κ3) is 4.13. The van der Waals surface area contributed by atoms with Crippen molar-refractivity contribution in [1.82, 2.24) is 9.80 Å². The second-order valence-electron chi connectivity index (χ2n) is 7.35. The van der Waals surface area contributed by atoms with Crippen LogP contribution >= 0.6 is 0 Å². The average molecular weight is 358 g/mol. The van der Waals surface area contributed by atoms with Crippen LogP contribution in [0.5, 0.6) is 0 Å². The zero-order valence-corrected chi connectivity index (χ0v) is 16.2. The Hall–Kier alpha value is -2.82. The zero-order chi connectivity index (χ0) is 19.2. The maximum Gasteiger partial charge on any atom is 0.137 e. The molecule has 1 aliphatic heterocycles. The Labute approximate surface area is 162 Å². The van der Waals surface area contributed by atoms with Crippen molar-refractivity contribution in [3.05, 3.63) is 64.4 Å². The van der Waals surface area contributed by atoms with E-state index in [-0.39, 0.29) is 5.57 Å². The van der Waals surface area contributed by atoms with Crippen LogP contribution in [-0.2, 0) is 0 Å². The van der Waals surface area contributed by atoms with Crippen LogP contribution in [0.2, 0.25) is 0 Å². The van der Waals surface area contributed by atoms with Crippen molar-refractivity contribution in [2.24, 2.45) is 0 Å². The molecular formula is C23H26N4. The Bertz CT molecular complexity index is 844. The summed E-state index contributed by atoms with van der Waals surface area (Å²) < 4.78 is 0. The van der Waals surface area contributed by atoms with E-state index >= 15 is 0 Å². The Kier molecular flexibility index (Phi) is 6.12. The Balaban J connectivity index is 2.10. The fourth-order valence-corrected chi connectivity index (χ4v) is 3.94. The number of hydrogen-bond acceptors (Lipinski definition) is 4. The molecule has 1 aliphatic carbocycles. The van der Waals surface area contributed by atoms with E-state index in [0.717, 1.165) is 62.0 Å². The van der Waals surface area contributed by atoms with Crippen LogP contribution in [0.1, 0.15) is 37.7 Å². The molecule has 0 spiro atoms. The highest BCUT2D eigenvalue weighted by atomic mass is 15.2. The lowest BCUT2D eigenvalue weighted by atomic mass is 9.84. The molecule has 1 heterocycles. The number of nitrogens with zero attached hydrogens (tertiary/aromatic N) is 4. The SMILES string of the molecule is CN(C)CCCN1C(c2ccccc2)=CC(=C(C#N)C#N)C2=C1CCCC2. The number of rotatable bonds is 5. The monoisotopic (exact) mass is 358 g/mol. The maximum absolute atomic E-state index is 9.49. The molecule has 0 atom stereocenters. The summed E-state index contributed by atoms with van der Waals surface area (Å²) in [5, 5.41) is 19.0. The first kappa shape index (κ1) is 19.0. The minimum Gasteiger partial charge on any atom is -0.344 e. The molecule has 138 valence electrons. The van der Waals surface area contributed by atoms with E-state index in [1.54, 1.807) is 0 Å². The van der Waals surface area contributed by atoms with Crippen LogP contribution in [0.15, 0.2) is 58.8 Å². The van der Waals surface area contributed by atoms with Gasteiger partial charge in [0.05, 0.1) is 0 Å². The van der Waals surface area contributed by atoms with Gasteiger partial charge in [0.2, 0.25) is 0 Å². The van der Waals surface area contributed by atoms with Crippen molar-refractivity contribution < 1.29 is 0 Å². The highest BCUT2D eigenvalue weighted by Crippen LogP contribution is 2.42. The predicted molar refractivity (Wildman–Crippen MR) is 108 cm³/mol. The summed E-state index contributed by atoms with van der Waals surface area (Å²) in [6, 6.07) is 14.5. The summed E-state index contributed by atoms with van der Waals surface area (Å²) >= 11 is 0. The smallest absolute Gasteiger partial charge is 0.137 e. The highest BCUT2D eigenvalue weighted by molar-refractivity contribution is 5.75. The molecular weight excluding hydrogens is 332 g/mol. The van der Waals surface area contributed by atoms with Crippen molar-refractivity contribution in [2.75, 3.05) is 27.2 Å². The lowest BCUT2D eigenvalue weighted by molar-refractivity contribution is 0.355. The molecule has 0 saturated carbocycles. The van der Waals surface area contributed by atoms with E-state index in [9.17, 15) is 10.5 Å². The van der Waals surface area contributed by atoms with Crippen molar-refractivity contribution in [2.45, 2.75) is 32.1 Å². The molecule has 0 bridgehead atoms. The van der Waals surface area contributed by atoms with E-state index in [4.69, 9.17) is 0 Å². The molecule has 4 nitrogen and oxygen atoms in total. The molecule has 0 radical (unpaired) electrons. The minimum absolute atomic E-state index is 0.228. The Morgan fingerprint density at radius 3 is 2.44 bits per heavy atom. The third-order valence-electron chi connectivity index (χ3n) is 5.21. The minimum atomic E-state index is 0.228. The Morgan fingerprint density at radius 2 is 1.78 bits per heavy atom. The van der Waals surface area contributed by atoms with E-state index in [1.807, 2.05) is 18.2 Å². The first-order chi connectivity index (χ1) is 13.2. The molecule has 0 unspecified atom stereocenters. The molecule has 0 fully saturated rings. The predicted octanol–water partition coefficient (Wildman–Crippen LogP) is 4.47. The largest absolute Gasteiger partial charge is 0.344 e. The molecule has 0 N–H and O–H groups in total. The van der Waals surface area contributed by atoms with Gasteiger partial charge < -0.3 is 9.80 Å². The maximum atomic E-state index is 9.49. The summed E-state index contributed by atoms with van der Waals surface area (Å²) in [5.41, 5.74) is 5.80. The lowest BCUT2D eigenvalue weighted by Gasteiger charge is -2.38. The van der Waals surface area contributed by atoms with Gasteiger partial charge in [0.1, 0.15) is 17.7 Å². The molecule has 1 aromatic rings. The van der Waals surface area contributed by atoms with Gasteiger partial charge in [0, 0.05) is 23.5 Å². The summed E-state index contributed by atoms with van der Waals surface area (Å²) in [6.07, 6.45) is 7.36. The summed E-state index contributed by atoms with van der Waals surface area (Å²) in [7, 11) is 4.20. The standard InChI is InChI=1S/C23H26N4/c1-26(2)13-8-14-27-22-12-7-6-11-20(22)21(19(16-24)17-25)15-23(27)18-9-4-3-5-10-18/h3-5,9-10,15H,6-8,11-14H2,1-2H3. The first-order valence-electron chi connectivity index (χ1n) is 9.62. The number of hydrogen-bond donors (Lipinski definition) is 0. The Morgan fingerprint density at radius 1 is 1.07 bits per heavy atom. The third-order valence-corrected chi connectivity index (χ3v) is 5.21. The van der Waals surface area contributed by atoms with Crippen LogP contribution < -0.4 is 0 Å². The summed E-state index contributed by atoms with van der Waals surface area (Å²) in [4.78, 5) is 4.64. The van der Waals surface area contributed by atoms with Gasteiger partial charge in [-0.25, -0.2) is 0 Å². The fourth-order valence-electron chi connectivity index (χ4n) is 3.94. The van der Waals surface area contributed by atoms with Gasteiger partial charge >= 0.3 is 0 Å². The van der Waals surface area contributed by atoms with Crippen molar-refractivity contribution >= 4 is 5.70 Å². The van der Waals surface area contributed by atoms with Gasteiger partial charge in [-0.15, -0.1) is 0 Å². The molecule has 0 saturated heterocycles. The first-order valence-corrected chi connectivity index (χ1v) is 9.62. The number of benzene rings is 1. The van der Waals surface area contributed by atoms with E-state index in [0.29, 0.717) is 0 Å². The van der Waals surface area contributed by atoms with Gasteiger partial charge in [0.25, 0.3) is 0 Å². The quantitative estimate of drug-likeness (QED) is 0.729. The van der Waals surface area contributed by atoms with Crippen molar-refractivity contribution in [1.29, 1.82) is 10.5 Å². The number of nitriles is 2.